The van der Waals surface area contributed by atoms with Crippen molar-refractivity contribution in [1.29, 1.82) is 0 Å². The summed E-state index contributed by atoms with van der Waals surface area (Å²) in [5.41, 5.74) is 0.323. The smallest absolute Gasteiger partial charge is 0.308 e. The maximum atomic E-state index is 11.4. The highest BCUT2D eigenvalue weighted by Gasteiger charge is 2.12. The van der Waals surface area contributed by atoms with Crippen molar-refractivity contribution in [3.05, 3.63) is 29.8 Å². The van der Waals surface area contributed by atoms with Crippen LogP contribution in [0.25, 0.3) is 0 Å². The average Bonchev–Trinajstić information content (AvgIpc) is 2.16. The van der Waals surface area contributed by atoms with Crippen LogP contribution < -0.4 is 4.74 Å². The number of hydrogen-bond donors (Lipinski definition) is 1. The van der Waals surface area contributed by atoms with Crippen molar-refractivity contribution in [2.24, 2.45) is 0 Å². The van der Waals surface area contributed by atoms with Crippen LogP contribution in [0.4, 0.5) is 0 Å². The second-order valence-corrected chi connectivity index (χ2v) is 3.16. The van der Waals surface area contributed by atoms with E-state index in [1.165, 1.54) is 19.9 Å². The summed E-state index contributed by atoms with van der Waals surface area (Å²) in [4.78, 5) is 22.1. The Hall–Kier alpha value is -1.68. The fourth-order valence-electron chi connectivity index (χ4n) is 1.12. The molecule has 0 fully saturated rings. The van der Waals surface area contributed by atoms with E-state index in [0.717, 1.165) is 0 Å². The van der Waals surface area contributed by atoms with Gasteiger partial charge in [-0.1, -0.05) is 12.1 Å². The van der Waals surface area contributed by atoms with Gasteiger partial charge >= 0.3 is 5.97 Å². The number of esters is 1. The second-order valence-electron chi connectivity index (χ2n) is 3.16. The number of ether oxygens (including phenoxy) is 1. The van der Waals surface area contributed by atoms with Crippen LogP contribution in [0, 0.1) is 0 Å². The third-order valence-electron chi connectivity index (χ3n) is 1.76. The fourth-order valence-corrected chi connectivity index (χ4v) is 1.12. The number of hydrogen-bond acceptors (Lipinski definition) is 4. The first-order chi connectivity index (χ1) is 7.00. The van der Waals surface area contributed by atoms with Gasteiger partial charge in [-0.25, -0.2) is 0 Å². The lowest BCUT2D eigenvalue weighted by atomic mass is 10.1. The van der Waals surface area contributed by atoms with Crippen LogP contribution in [0.5, 0.6) is 5.75 Å². The van der Waals surface area contributed by atoms with Crippen LogP contribution in [-0.4, -0.2) is 23.0 Å². The van der Waals surface area contributed by atoms with Gasteiger partial charge in [-0.15, -0.1) is 0 Å². The van der Waals surface area contributed by atoms with E-state index in [1.807, 2.05) is 0 Å². The van der Waals surface area contributed by atoms with E-state index in [9.17, 15) is 9.59 Å². The van der Waals surface area contributed by atoms with E-state index in [0.29, 0.717) is 11.3 Å². The van der Waals surface area contributed by atoms with Crippen molar-refractivity contribution in [1.82, 2.24) is 0 Å². The highest BCUT2D eigenvalue weighted by molar-refractivity contribution is 5.99. The molecule has 0 aliphatic heterocycles. The monoisotopic (exact) mass is 208 g/mol. The summed E-state index contributed by atoms with van der Waals surface area (Å²) in [7, 11) is 0. The molecule has 0 bridgehead atoms. The van der Waals surface area contributed by atoms with Gasteiger partial charge in [0.15, 0.2) is 5.78 Å². The molecule has 1 aromatic carbocycles. The van der Waals surface area contributed by atoms with Crippen molar-refractivity contribution >= 4 is 11.8 Å². The van der Waals surface area contributed by atoms with Crippen LogP contribution in [-0.2, 0) is 4.79 Å². The van der Waals surface area contributed by atoms with Gasteiger partial charge in [-0.05, 0) is 19.1 Å². The summed E-state index contributed by atoms with van der Waals surface area (Å²) in [6, 6.07) is 6.15. The Labute approximate surface area is 87.5 Å². The highest BCUT2D eigenvalue weighted by atomic mass is 16.5. The standard InChI is InChI=1S/C11H12O4/c1-7(12)11(14)9-4-3-5-10(6-9)15-8(2)13/h3-7,12H,1-2H3/t7-/m0/s1. The van der Waals surface area contributed by atoms with Crippen LogP contribution >= 0.6 is 0 Å². The number of aliphatic hydroxyl groups excluding tert-OH is 1. The summed E-state index contributed by atoms with van der Waals surface area (Å²) >= 11 is 0. The Morgan fingerprint density at radius 1 is 1.40 bits per heavy atom. The molecule has 1 N–H and O–H groups in total. The molecule has 1 atom stereocenters. The Morgan fingerprint density at radius 2 is 2.07 bits per heavy atom. The molecule has 0 radical (unpaired) electrons. The SMILES string of the molecule is CC(=O)Oc1cccc(C(=O)[C@H](C)O)c1. The van der Waals surface area contributed by atoms with E-state index >= 15 is 0 Å². The third kappa shape index (κ3) is 3.18. The molecular formula is C11H12O4. The molecule has 1 aromatic rings. The Morgan fingerprint density at radius 3 is 2.60 bits per heavy atom. The zero-order valence-electron chi connectivity index (χ0n) is 8.56. The van der Waals surface area contributed by atoms with Crippen LogP contribution in [0.2, 0.25) is 0 Å². The largest absolute Gasteiger partial charge is 0.427 e. The lowest BCUT2D eigenvalue weighted by Gasteiger charge is -2.05. The minimum atomic E-state index is -1.06. The van der Waals surface area contributed by atoms with Crippen LogP contribution in [0.3, 0.4) is 0 Å². The van der Waals surface area contributed by atoms with Gasteiger partial charge in [0.25, 0.3) is 0 Å². The van der Waals surface area contributed by atoms with Gasteiger partial charge in [0.05, 0.1) is 0 Å². The molecule has 0 spiro atoms. The first-order valence-electron chi connectivity index (χ1n) is 4.51. The summed E-state index contributed by atoms with van der Waals surface area (Å²) < 4.78 is 4.81. The number of benzene rings is 1. The van der Waals surface area contributed by atoms with E-state index in [1.54, 1.807) is 18.2 Å². The maximum Gasteiger partial charge on any atom is 0.308 e. The Balaban J connectivity index is 2.92. The highest BCUT2D eigenvalue weighted by Crippen LogP contribution is 2.14. The van der Waals surface area contributed by atoms with Crippen LogP contribution in [0.15, 0.2) is 24.3 Å². The number of rotatable bonds is 3. The van der Waals surface area contributed by atoms with Gasteiger partial charge in [0, 0.05) is 12.5 Å². The molecular weight excluding hydrogens is 196 g/mol. The molecule has 4 heteroatoms. The molecule has 1 rings (SSSR count). The third-order valence-corrected chi connectivity index (χ3v) is 1.76. The predicted octanol–water partition coefficient (Wildman–Crippen LogP) is 1.18. The number of carbonyl (C=O) groups excluding carboxylic acids is 2. The molecule has 4 nitrogen and oxygen atoms in total. The zero-order valence-corrected chi connectivity index (χ0v) is 8.56. The molecule has 80 valence electrons. The minimum absolute atomic E-state index is 0.300. The molecule has 0 heterocycles. The molecule has 0 amide bonds. The molecule has 0 aromatic heterocycles. The number of carbonyl (C=O) groups is 2. The van der Waals surface area contributed by atoms with E-state index in [-0.39, 0.29) is 0 Å². The first kappa shape index (κ1) is 11.4. The molecule has 0 saturated carbocycles. The fraction of sp³-hybridized carbons (Fsp3) is 0.273. The quantitative estimate of drug-likeness (QED) is 0.460. The maximum absolute atomic E-state index is 11.4. The second kappa shape index (κ2) is 4.70. The molecule has 0 saturated heterocycles. The average molecular weight is 208 g/mol. The zero-order chi connectivity index (χ0) is 11.4. The number of aliphatic hydroxyl groups is 1. The van der Waals surface area contributed by atoms with Gasteiger partial charge in [0.1, 0.15) is 11.9 Å². The first-order valence-corrected chi connectivity index (χ1v) is 4.51. The van der Waals surface area contributed by atoms with Crippen molar-refractivity contribution in [3.63, 3.8) is 0 Å². The number of Topliss-reactive ketones (excluding diaryl/α,β-unsaturated/α-hetero) is 1. The van der Waals surface area contributed by atoms with E-state index in [4.69, 9.17) is 9.84 Å². The lowest BCUT2D eigenvalue weighted by molar-refractivity contribution is -0.131. The van der Waals surface area contributed by atoms with Crippen molar-refractivity contribution < 1.29 is 19.4 Å². The molecule has 0 aliphatic rings. The van der Waals surface area contributed by atoms with Gasteiger partial charge in [-0.3, -0.25) is 9.59 Å². The topological polar surface area (TPSA) is 63.6 Å². The Bertz CT molecular complexity index is 382. The molecule has 0 unspecified atom stereocenters. The predicted molar refractivity (Wildman–Crippen MR) is 53.8 cm³/mol. The van der Waals surface area contributed by atoms with E-state index < -0.39 is 17.9 Å². The molecule has 15 heavy (non-hydrogen) atoms. The normalized spacial score (nSPS) is 11.9. The van der Waals surface area contributed by atoms with Crippen molar-refractivity contribution in [2.45, 2.75) is 20.0 Å². The van der Waals surface area contributed by atoms with Crippen molar-refractivity contribution in [3.8, 4) is 5.75 Å². The van der Waals surface area contributed by atoms with Gasteiger partial charge < -0.3 is 9.84 Å². The summed E-state index contributed by atoms with van der Waals surface area (Å²) in [6.07, 6.45) is -1.06. The van der Waals surface area contributed by atoms with E-state index in [2.05, 4.69) is 0 Å². The number of ketones is 1. The van der Waals surface area contributed by atoms with Crippen molar-refractivity contribution in [2.75, 3.05) is 0 Å². The summed E-state index contributed by atoms with van der Waals surface area (Å²) in [6.45, 7) is 2.67. The summed E-state index contributed by atoms with van der Waals surface area (Å²) in [5, 5.41) is 9.09. The Kier molecular flexibility index (Phi) is 3.57. The summed E-state index contributed by atoms with van der Waals surface area (Å²) in [5.74, 6) is -0.547. The molecule has 0 aliphatic carbocycles. The minimum Gasteiger partial charge on any atom is -0.427 e. The van der Waals surface area contributed by atoms with Gasteiger partial charge in [0.2, 0.25) is 0 Å². The van der Waals surface area contributed by atoms with Gasteiger partial charge in [-0.2, -0.15) is 0 Å². The van der Waals surface area contributed by atoms with Crippen LogP contribution in [0.1, 0.15) is 24.2 Å². The lowest BCUT2D eigenvalue weighted by Crippen LogP contribution is -2.16.